The predicted octanol–water partition coefficient (Wildman–Crippen LogP) is 6.04. The first-order valence-corrected chi connectivity index (χ1v) is 15.2. The van der Waals surface area contributed by atoms with Crippen LogP contribution in [-0.2, 0) is 32.1 Å². The van der Waals surface area contributed by atoms with Gasteiger partial charge in [-0.3, -0.25) is 14.5 Å². The highest BCUT2D eigenvalue weighted by atomic mass is 35.5. The normalized spacial score (nSPS) is 15.7. The van der Waals surface area contributed by atoms with Crippen molar-refractivity contribution in [1.29, 1.82) is 0 Å². The Labute approximate surface area is 266 Å². The van der Waals surface area contributed by atoms with E-state index in [1.807, 2.05) is 67.6 Å². The van der Waals surface area contributed by atoms with Gasteiger partial charge in [0.2, 0.25) is 11.8 Å². The smallest absolute Gasteiger partial charge is 0.410 e. The van der Waals surface area contributed by atoms with E-state index in [1.54, 1.807) is 18.2 Å². The van der Waals surface area contributed by atoms with Gasteiger partial charge in [-0.15, -0.1) is 0 Å². The van der Waals surface area contributed by atoms with E-state index in [0.717, 1.165) is 38.9 Å². The maximum Gasteiger partial charge on any atom is 0.410 e. The fourth-order valence-corrected chi connectivity index (χ4v) is 6.29. The zero-order valence-electron chi connectivity index (χ0n) is 24.7. The van der Waals surface area contributed by atoms with Gasteiger partial charge in [0.25, 0.3) is 0 Å². The van der Waals surface area contributed by atoms with Crippen LogP contribution in [0.5, 0.6) is 0 Å². The second kappa shape index (κ2) is 13.0. The Bertz CT molecular complexity index is 1740. The maximum absolute atomic E-state index is 13.8. The topological polar surface area (TPSA) is 105 Å². The molecule has 0 saturated carbocycles. The minimum Gasteiger partial charge on any atom is -0.448 e. The summed E-state index contributed by atoms with van der Waals surface area (Å²) in [6, 6.07) is 26.7. The number of nitrogens with zero attached hydrogens (tertiary/aromatic N) is 1. The minimum absolute atomic E-state index is 0.107. The van der Waals surface area contributed by atoms with Crippen LogP contribution in [0.25, 0.3) is 11.1 Å². The van der Waals surface area contributed by atoms with Crippen molar-refractivity contribution in [2.75, 3.05) is 11.9 Å². The monoisotopic (exact) mass is 621 g/mol. The van der Waals surface area contributed by atoms with Crippen molar-refractivity contribution in [3.63, 3.8) is 0 Å². The van der Waals surface area contributed by atoms with Gasteiger partial charge >= 0.3 is 6.09 Å². The first-order valence-electron chi connectivity index (χ1n) is 14.8. The lowest BCUT2D eigenvalue weighted by Crippen LogP contribution is -2.56. The zero-order valence-corrected chi connectivity index (χ0v) is 25.4. The van der Waals surface area contributed by atoms with Gasteiger partial charge in [0.05, 0.1) is 6.54 Å². The molecule has 9 heteroatoms. The first kappa shape index (κ1) is 30.1. The third kappa shape index (κ3) is 6.19. The molecule has 1 aliphatic carbocycles. The van der Waals surface area contributed by atoms with Crippen LogP contribution in [0, 0.1) is 6.92 Å². The predicted molar refractivity (Wildman–Crippen MR) is 172 cm³/mol. The van der Waals surface area contributed by atoms with Crippen LogP contribution in [0.3, 0.4) is 0 Å². The Balaban J connectivity index is 1.20. The van der Waals surface area contributed by atoms with E-state index in [1.165, 1.54) is 4.90 Å². The van der Waals surface area contributed by atoms with Gasteiger partial charge in [0.15, 0.2) is 0 Å². The molecule has 2 aliphatic rings. The van der Waals surface area contributed by atoms with E-state index >= 15 is 0 Å². The Hall–Kier alpha value is -4.95. The van der Waals surface area contributed by atoms with E-state index in [0.29, 0.717) is 17.0 Å². The molecule has 8 nitrogen and oxygen atoms in total. The quantitative estimate of drug-likeness (QED) is 0.234. The summed E-state index contributed by atoms with van der Waals surface area (Å²) in [6.45, 7) is 2.08. The molecule has 0 bridgehead atoms. The van der Waals surface area contributed by atoms with E-state index in [2.05, 4.69) is 22.8 Å². The van der Waals surface area contributed by atoms with Crippen molar-refractivity contribution in [3.8, 4) is 11.1 Å². The van der Waals surface area contributed by atoms with Gasteiger partial charge in [-0.1, -0.05) is 84.4 Å². The van der Waals surface area contributed by atoms with Gasteiger partial charge < -0.3 is 20.2 Å². The van der Waals surface area contributed by atoms with Crippen molar-refractivity contribution in [2.45, 2.75) is 44.3 Å². The Morgan fingerprint density at radius 2 is 1.58 bits per heavy atom. The van der Waals surface area contributed by atoms with Gasteiger partial charge in [-0.05, 0) is 64.1 Å². The molecule has 2 atom stereocenters. The van der Waals surface area contributed by atoms with Crippen LogP contribution >= 0.6 is 11.6 Å². The third-order valence-corrected chi connectivity index (χ3v) is 8.94. The Kier molecular flexibility index (Phi) is 8.67. The highest BCUT2D eigenvalue weighted by Gasteiger charge is 2.38. The molecule has 6 rings (SSSR count). The molecule has 0 spiro atoms. The number of hydrogen-bond donors (Lipinski definition) is 2. The lowest BCUT2D eigenvalue weighted by molar-refractivity contribution is -0.131. The van der Waals surface area contributed by atoms with Crippen molar-refractivity contribution < 1.29 is 23.9 Å². The molecule has 1 heterocycles. The van der Waals surface area contributed by atoms with Crippen LogP contribution in [0.15, 0.2) is 91.0 Å². The summed E-state index contributed by atoms with van der Waals surface area (Å²) in [5.41, 5.74) is 7.50. The molecule has 1 aliphatic heterocycles. The number of aryl methyl sites for hydroxylation is 1. The van der Waals surface area contributed by atoms with Crippen molar-refractivity contribution >= 4 is 41.5 Å². The molecule has 0 saturated heterocycles. The third-order valence-electron chi connectivity index (χ3n) is 8.51. The molecule has 4 aromatic carbocycles. The van der Waals surface area contributed by atoms with E-state index in [4.69, 9.17) is 16.3 Å². The van der Waals surface area contributed by atoms with Gasteiger partial charge in [-0.2, -0.15) is 0 Å². The SMILES string of the molecule is Cc1cc(NC(=O)[C@H](CC=O)NC(=O)[C@@H]2Cc3ccccc3CN2C(=O)OCC2c3ccccc3-c3ccccc32)ccc1Cl. The Morgan fingerprint density at radius 1 is 0.933 bits per heavy atom. The zero-order chi connectivity index (χ0) is 31.5. The van der Waals surface area contributed by atoms with Crippen molar-refractivity contribution in [3.05, 3.63) is 124 Å². The van der Waals surface area contributed by atoms with Gasteiger partial charge in [-0.25, -0.2) is 4.79 Å². The van der Waals surface area contributed by atoms with Crippen molar-refractivity contribution in [1.82, 2.24) is 10.2 Å². The summed E-state index contributed by atoms with van der Waals surface area (Å²) in [7, 11) is 0. The number of anilines is 1. The number of hydrogen-bond acceptors (Lipinski definition) is 5. The molecule has 0 fully saturated rings. The number of rotatable bonds is 8. The summed E-state index contributed by atoms with van der Waals surface area (Å²) >= 11 is 6.11. The van der Waals surface area contributed by atoms with E-state index in [-0.39, 0.29) is 31.9 Å². The average molecular weight is 622 g/mol. The fraction of sp³-hybridized carbons (Fsp3) is 0.222. The number of nitrogens with one attached hydrogen (secondary N) is 2. The molecule has 0 unspecified atom stereocenters. The lowest BCUT2D eigenvalue weighted by atomic mass is 9.93. The summed E-state index contributed by atoms with van der Waals surface area (Å²) < 4.78 is 5.94. The number of benzene rings is 4. The molecule has 228 valence electrons. The number of carbonyl (C=O) groups is 4. The number of carbonyl (C=O) groups excluding carboxylic acids is 4. The summed E-state index contributed by atoms with van der Waals surface area (Å²) in [6.07, 6.45) is -0.0485. The lowest BCUT2D eigenvalue weighted by Gasteiger charge is -2.36. The van der Waals surface area contributed by atoms with E-state index < -0.39 is 30.0 Å². The minimum atomic E-state index is -1.15. The standard InChI is InChI=1S/C36H32ClN3O5/c1-22-18-25(14-15-31(22)37)38-34(42)32(16-17-41)39-35(43)33-19-23-8-2-3-9-24(23)20-40(33)36(44)45-21-30-28-12-6-4-10-26(28)27-11-5-7-13-29(27)30/h2-15,17-18,30,32-33H,16,19-21H2,1H3,(H,38,42)(H,39,43)/t32-,33-/m0/s1. The number of amides is 3. The largest absolute Gasteiger partial charge is 0.448 e. The summed E-state index contributed by atoms with van der Waals surface area (Å²) in [5.74, 6) is -1.24. The molecule has 0 radical (unpaired) electrons. The first-order chi connectivity index (χ1) is 21.8. The molecule has 45 heavy (non-hydrogen) atoms. The molecule has 4 aromatic rings. The molecular formula is C36H32ClN3O5. The number of fused-ring (bicyclic) bond motifs is 4. The van der Waals surface area contributed by atoms with Gasteiger partial charge in [0, 0.05) is 29.5 Å². The number of ether oxygens (including phenoxy) is 1. The average Bonchev–Trinajstić information content (AvgIpc) is 3.38. The second-order valence-corrected chi connectivity index (χ2v) is 11.7. The number of aldehydes is 1. The second-order valence-electron chi connectivity index (χ2n) is 11.3. The molecular weight excluding hydrogens is 590 g/mol. The van der Waals surface area contributed by atoms with Crippen LogP contribution < -0.4 is 10.6 Å². The summed E-state index contributed by atoms with van der Waals surface area (Å²) in [5, 5.41) is 6.01. The highest BCUT2D eigenvalue weighted by molar-refractivity contribution is 6.31. The number of halogens is 1. The molecule has 3 amide bonds. The maximum atomic E-state index is 13.8. The van der Waals surface area contributed by atoms with Crippen LogP contribution in [-0.4, -0.2) is 47.8 Å². The fourth-order valence-electron chi connectivity index (χ4n) is 6.17. The molecule has 0 aromatic heterocycles. The Morgan fingerprint density at radius 3 is 2.24 bits per heavy atom. The summed E-state index contributed by atoms with van der Waals surface area (Å²) in [4.78, 5) is 53.6. The molecule has 2 N–H and O–H groups in total. The van der Waals surface area contributed by atoms with Crippen LogP contribution in [0.4, 0.5) is 10.5 Å². The van der Waals surface area contributed by atoms with Gasteiger partial charge in [0.1, 0.15) is 25.0 Å². The van der Waals surface area contributed by atoms with E-state index in [9.17, 15) is 19.2 Å². The van der Waals surface area contributed by atoms with Crippen molar-refractivity contribution in [2.24, 2.45) is 0 Å². The highest BCUT2D eigenvalue weighted by Crippen LogP contribution is 2.44. The van der Waals surface area contributed by atoms with Crippen LogP contribution in [0.1, 0.15) is 40.2 Å². The van der Waals surface area contributed by atoms with Crippen LogP contribution in [0.2, 0.25) is 5.02 Å².